The number of hydrogen-bond donors (Lipinski definition) is 2. The third kappa shape index (κ3) is 6.26. The number of rotatable bonds is 11. The largest absolute Gasteiger partial charge is 0.481 e. The number of aliphatic hydroxyl groups excluding tert-OH is 1. The van der Waals surface area contributed by atoms with Crippen LogP contribution in [-0.4, -0.2) is 37.2 Å². The SMILES string of the molecule is CC(C)(C)[Si](OCC1CCC(O)C1C/C=C\CCCC(=O)O)(c1ccccc1)c1ccccc1. The number of carboxylic acids is 1. The van der Waals surface area contributed by atoms with Crippen LogP contribution in [0.4, 0.5) is 0 Å². The second-order valence-corrected chi connectivity index (χ2v) is 14.8. The van der Waals surface area contributed by atoms with Crippen LogP contribution in [0.2, 0.25) is 5.04 Å². The third-order valence-electron chi connectivity index (χ3n) is 7.20. The van der Waals surface area contributed by atoms with Crippen LogP contribution in [0.3, 0.4) is 0 Å². The van der Waals surface area contributed by atoms with Gasteiger partial charge in [-0.25, -0.2) is 0 Å². The monoisotopic (exact) mass is 480 g/mol. The van der Waals surface area contributed by atoms with Crippen LogP contribution in [0, 0.1) is 11.8 Å². The molecule has 3 unspecified atom stereocenters. The van der Waals surface area contributed by atoms with Crippen molar-refractivity contribution in [2.24, 2.45) is 11.8 Å². The molecule has 3 rings (SSSR count). The predicted molar refractivity (Wildman–Crippen MR) is 141 cm³/mol. The Morgan fingerprint density at radius 2 is 1.59 bits per heavy atom. The van der Waals surface area contributed by atoms with E-state index in [9.17, 15) is 9.90 Å². The Bertz CT molecular complexity index is 881. The second-order valence-electron chi connectivity index (χ2n) is 10.5. The Morgan fingerprint density at radius 1 is 1.00 bits per heavy atom. The molecule has 0 aliphatic heterocycles. The van der Waals surface area contributed by atoms with Gasteiger partial charge in [0.15, 0.2) is 0 Å². The molecule has 1 saturated carbocycles. The van der Waals surface area contributed by atoms with E-state index in [1.807, 2.05) is 0 Å². The average Bonchev–Trinajstić information content (AvgIpc) is 3.16. The molecular formula is C29H40O4Si. The lowest BCUT2D eigenvalue weighted by atomic mass is 9.92. The van der Waals surface area contributed by atoms with E-state index in [4.69, 9.17) is 9.53 Å². The quantitative estimate of drug-likeness (QED) is 0.265. The molecule has 2 aromatic rings. The van der Waals surface area contributed by atoms with Crippen LogP contribution < -0.4 is 10.4 Å². The van der Waals surface area contributed by atoms with Gasteiger partial charge in [0.2, 0.25) is 0 Å². The first-order valence-corrected chi connectivity index (χ1v) is 14.5. The maximum Gasteiger partial charge on any atom is 0.303 e. The van der Waals surface area contributed by atoms with Crippen molar-refractivity contribution < 1.29 is 19.4 Å². The van der Waals surface area contributed by atoms with Crippen molar-refractivity contribution in [3.05, 3.63) is 72.8 Å². The van der Waals surface area contributed by atoms with Crippen molar-refractivity contribution in [1.29, 1.82) is 0 Å². The highest BCUT2D eigenvalue weighted by molar-refractivity contribution is 6.99. The summed E-state index contributed by atoms with van der Waals surface area (Å²) in [7, 11) is -2.58. The highest BCUT2D eigenvalue weighted by Crippen LogP contribution is 2.40. The zero-order chi connectivity index (χ0) is 24.6. The Hall–Kier alpha value is -2.21. The van der Waals surface area contributed by atoms with E-state index in [2.05, 4.69) is 93.6 Å². The molecule has 0 radical (unpaired) electrons. The highest BCUT2D eigenvalue weighted by Gasteiger charge is 2.51. The molecule has 0 saturated heterocycles. The lowest BCUT2D eigenvalue weighted by Gasteiger charge is -2.44. The van der Waals surface area contributed by atoms with E-state index in [0.717, 1.165) is 25.7 Å². The Kier molecular flexibility index (Phi) is 9.29. The maximum atomic E-state index is 10.7. The van der Waals surface area contributed by atoms with E-state index in [0.29, 0.717) is 18.9 Å². The number of hydrogen-bond acceptors (Lipinski definition) is 3. The summed E-state index contributed by atoms with van der Waals surface area (Å²) in [6.07, 6.45) is 8.08. The third-order valence-corrected chi connectivity index (χ3v) is 12.2. The number of allylic oxidation sites excluding steroid dienone is 2. The molecule has 5 heteroatoms. The number of aliphatic carboxylic acids is 1. The van der Waals surface area contributed by atoms with E-state index in [1.165, 1.54) is 10.4 Å². The molecule has 2 aromatic carbocycles. The molecular weight excluding hydrogens is 440 g/mol. The van der Waals surface area contributed by atoms with Crippen molar-refractivity contribution in [1.82, 2.24) is 0 Å². The van der Waals surface area contributed by atoms with Gasteiger partial charge in [-0.3, -0.25) is 4.79 Å². The number of carboxylic acid groups (broad SMARTS) is 1. The van der Waals surface area contributed by atoms with Gasteiger partial charge in [0.1, 0.15) is 0 Å². The van der Waals surface area contributed by atoms with Crippen molar-refractivity contribution in [2.45, 2.75) is 70.4 Å². The molecule has 1 aliphatic carbocycles. The van der Waals surface area contributed by atoms with Crippen LogP contribution in [-0.2, 0) is 9.22 Å². The Balaban J connectivity index is 1.79. The summed E-state index contributed by atoms with van der Waals surface area (Å²) in [4.78, 5) is 10.7. The molecule has 4 nitrogen and oxygen atoms in total. The van der Waals surface area contributed by atoms with Gasteiger partial charge in [0.05, 0.1) is 6.10 Å². The van der Waals surface area contributed by atoms with Gasteiger partial charge in [-0.05, 0) is 59.4 Å². The van der Waals surface area contributed by atoms with E-state index < -0.39 is 14.3 Å². The summed E-state index contributed by atoms with van der Waals surface area (Å²) < 4.78 is 7.14. The fraction of sp³-hybridized carbons (Fsp3) is 0.483. The minimum atomic E-state index is -2.58. The molecule has 0 bridgehead atoms. The van der Waals surface area contributed by atoms with Gasteiger partial charge < -0.3 is 14.6 Å². The first-order valence-electron chi connectivity index (χ1n) is 12.6. The molecule has 34 heavy (non-hydrogen) atoms. The van der Waals surface area contributed by atoms with Gasteiger partial charge in [0, 0.05) is 13.0 Å². The fourth-order valence-corrected chi connectivity index (χ4v) is 10.0. The first kappa shape index (κ1) is 26.4. The second kappa shape index (κ2) is 12.0. The van der Waals surface area contributed by atoms with Crippen LogP contribution in [0.1, 0.15) is 59.3 Å². The van der Waals surface area contributed by atoms with E-state index >= 15 is 0 Å². The molecule has 2 N–H and O–H groups in total. The van der Waals surface area contributed by atoms with Crippen LogP contribution in [0.5, 0.6) is 0 Å². The molecule has 184 valence electrons. The van der Waals surface area contributed by atoms with Crippen molar-refractivity contribution in [3.8, 4) is 0 Å². The van der Waals surface area contributed by atoms with Gasteiger partial charge in [-0.15, -0.1) is 0 Å². The summed E-state index contributed by atoms with van der Waals surface area (Å²) in [5.41, 5.74) is 0. The zero-order valence-electron chi connectivity index (χ0n) is 20.8. The van der Waals surface area contributed by atoms with Gasteiger partial charge in [-0.2, -0.15) is 0 Å². The number of benzene rings is 2. The van der Waals surface area contributed by atoms with Crippen molar-refractivity contribution >= 4 is 24.7 Å². The molecule has 0 heterocycles. The molecule has 0 aromatic heterocycles. The normalized spacial score (nSPS) is 21.2. The predicted octanol–water partition coefficient (Wildman–Crippen LogP) is 5.15. The minimum absolute atomic E-state index is 0.0630. The van der Waals surface area contributed by atoms with Crippen molar-refractivity contribution in [2.75, 3.05) is 6.61 Å². The highest BCUT2D eigenvalue weighted by atomic mass is 28.4. The molecule has 0 spiro atoms. The minimum Gasteiger partial charge on any atom is -0.481 e. The van der Waals surface area contributed by atoms with Gasteiger partial charge in [0.25, 0.3) is 8.32 Å². The lowest BCUT2D eigenvalue weighted by Crippen LogP contribution is -2.67. The average molecular weight is 481 g/mol. The molecule has 1 aliphatic rings. The topological polar surface area (TPSA) is 66.8 Å². The summed E-state index contributed by atoms with van der Waals surface area (Å²) >= 11 is 0. The lowest BCUT2D eigenvalue weighted by molar-refractivity contribution is -0.137. The van der Waals surface area contributed by atoms with Gasteiger partial charge in [-0.1, -0.05) is 93.6 Å². The van der Waals surface area contributed by atoms with Crippen LogP contribution in [0.25, 0.3) is 0 Å². The zero-order valence-corrected chi connectivity index (χ0v) is 21.8. The Morgan fingerprint density at radius 3 is 2.12 bits per heavy atom. The number of unbranched alkanes of at least 4 members (excludes halogenated alkanes) is 1. The van der Waals surface area contributed by atoms with Crippen molar-refractivity contribution in [3.63, 3.8) is 0 Å². The van der Waals surface area contributed by atoms with Gasteiger partial charge >= 0.3 is 5.97 Å². The summed E-state index contributed by atoms with van der Waals surface area (Å²) in [5.74, 6) is -0.269. The molecule has 1 fully saturated rings. The fourth-order valence-electron chi connectivity index (χ4n) is 5.42. The van der Waals surface area contributed by atoms with Crippen LogP contribution in [0.15, 0.2) is 72.8 Å². The Labute approximate surface area is 205 Å². The summed E-state index contributed by atoms with van der Waals surface area (Å²) in [6.45, 7) is 7.52. The standard InChI is InChI=1S/C29H40O4Si/c1-29(2,3)34(24-14-8-6-9-15-24,25-16-10-7-11-17-25)33-22-23-20-21-27(30)26(23)18-12-4-5-13-19-28(31)32/h4,6-12,14-17,23,26-27,30H,5,13,18-22H2,1-3H3,(H,31,32)/b12-4-. The molecule has 0 amide bonds. The number of aliphatic hydroxyl groups is 1. The first-order chi connectivity index (χ1) is 16.3. The number of carbonyl (C=O) groups is 1. The van der Waals surface area contributed by atoms with E-state index in [-0.39, 0.29) is 23.5 Å². The maximum absolute atomic E-state index is 10.7. The summed E-state index contributed by atoms with van der Waals surface area (Å²) in [5, 5.41) is 22.0. The summed E-state index contributed by atoms with van der Waals surface area (Å²) in [6, 6.07) is 21.4. The van der Waals surface area contributed by atoms with E-state index in [1.54, 1.807) is 0 Å². The smallest absolute Gasteiger partial charge is 0.303 e. The molecule has 3 atom stereocenters. The van der Waals surface area contributed by atoms with Crippen LogP contribution >= 0.6 is 0 Å².